The van der Waals surface area contributed by atoms with E-state index in [1.165, 1.54) is 0 Å². The van der Waals surface area contributed by atoms with Crippen LogP contribution in [0.25, 0.3) is 0 Å². The molecule has 0 atom stereocenters. The van der Waals surface area contributed by atoms with Crippen LogP contribution in [0.1, 0.15) is 43.1 Å². The molecule has 0 saturated carbocycles. The molecule has 7 heteroatoms. The van der Waals surface area contributed by atoms with Crippen LogP contribution in [0.4, 0.5) is 0 Å². The number of nitrogens with zero attached hydrogens (tertiary/aromatic N) is 5. The first-order valence-corrected chi connectivity index (χ1v) is 9.83. The highest BCUT2D eigenvalue weighted by atomic mass is 32.2. The summed E-state index contributed by atoms with van der Waals surface area (Å²) in [5.74, 6) is 1.49. The zero-order valence-electron chi connectivity index (χ0n) is 14.5. The van der Waals surface area contributed by atoms with Crippen molar-refractivity contribution < 1.29 is 4.79 Å². The number of aromatic nitrogens is 2. The predicted molar refractivity (Wildman–Crippen MR) is 99.2 cm³/mol. The van der Waals surface area contributed by atoms with Crippen LogP contribution in [0, 0.1) is 6.92 Å². The maximum atomic E-state index is 12.7. The maximum Gasteiger partial charge on any atom is 0.228 e. The lowest BCUT2D eigenvalue weighted by Crippen LogP contribution is -2.39. The molecule has 1 amide bonds. The molecular formula is C18H23N5OS. The fourth-order valence-corrected chi connectivity index (χ4v) is 4.62. The number of aryl methyl sites for hydroxylation is 1. The summed E-state index contributed by atoms with van der Waals surface area (Å²) < 4.78 is 0. The van der Waals surface area contributed by atoms with Gasteiger partial charge in [-0.15, -0.1) is 0 Å². The van der Waals surface area contributed by atoms with Gasteiger partial charge in [0.05, 0.1) is 6.42 Å². The number of amidine groups is 1. The van der Waals surface area contributed by atoms with E-state index in [1.807, 2.05) is 24.1 Å². The van der Waals surface area contributed by atoms with Crippen molar-refractivity contribution >= 4 is 22.8 Å². The molecule has 4 heterocycles. The zero-order chi connectivity index (χ0) is 17.2. The Kier molecular flexibility index (Phi) is 4.74. The Bertz CT molecular complexity index is 724. The summed E-state index contributed by atoms with van der Waals surface area (Å²) in [5, 5.41) is 3.16. The Balaban J connectivity index is 1.33. The second-order valence-electron chi connectivity index (χ2n) is 6.76. The van der Waals surface area contributed by atoms with Crippen molar-refractivity contribution in [1.82, 2.24) is 19.8 Å². The van der Waals surface area contributed by atoms with E-state index in [4.69, 9.17) is 0 Å². The van der Waals surface area contributed by atoms with Crippen molar-refractivity contribution in [2.75, 3.05) is 26.2 Å². The third-order valence-corrected chi connectivity index (χ3v) is 6.01. The number of aliphatic imine (C=N–C) groups is 1. The van der Waals surface area contributed by atoms with Gasteiger partial charge in [0, 0.05) is 49.7 Å². The smallest absolute Gasteiger partial charge is 0.228 e. The molecule has 3 aliphatic heterocycles. The van der Waals surface area contributed by atoms with Gasteiger partial charge >= 0.3 is 0 Å². The molecule has 3 aliphatic rings. The fourth-order valence-electron chi connectivity index (χ4n) is 3.67. The number of carbonyl (C=O) groups excluding carboxylic acids is 1. The molecule has 4 rings (SSSR count). The molecule has 0 spiro atoms. The fraction of sp³-hybridized carbons (Fsp3) is 0.556. The van der Waals surface area contributed by atoms with E-state index in [1.54, 1.807) is 11.8 Å². The van der Waals surface area contributed by atoms with Crippen LogP contribution in [-0.2, 0) is 4.79 Å². The molecule has 0 N–H and O–H groups in total. The van der Waals surface area contributed by atoms with E-state index in [2.05, 4.69) is 25.3 Å². The van der Waals surface area contributed by atoms with Crippen molar-refractivity contribution in [3.63, 3.8) is 0 Å². The van der Waals surface area contributed by atoms with Gasteiger partial charge < -0.3 is 9.80 Å². The second-order valence-corrected chi connectivity index (χ2v) is 7.59. The summed E-state index contributed by atoms with van der Waals surface area (Å²) in [5.41, 5.74) is 2.23. The van der Waals surface area contributed by atoms with Gasteiger partial charge in [0.2, 0.25) is 5.91 Å². The van der Waals surface area contributed by atoms with E-state index >= 15 is 0 Å². The Morgan fingerprint density at radius 1 is 1.32 bits per heavy atom. The minimum Gasteiger partial charge on any atom is -0.342 e. The summed E-state index contributed by atoms with van der Waals surface area (Å²) in [7, 11) is 0. The summed E-state index contributed by atoms with van der Waals surface area (Å²) in [6.07, 6.45) is 5.35. The van der Waals surface area contributed by atoms with Crippen molar-refractivity contribution in [2.24, 2.45) is 4.99 Å². The lowest BCUT2D eigenvalue weighted by molar-refractivity contribution is -0.131. The van der Waals surface area contributed by atoms with Gasteiger partial charge in [-0.1, -0.05) is 11.8 Å². The summed E-state index contributed by atoms with van der Waals surface area (Å²) in [6.45, 7) is 5.44. The Labute approximate surface area is 152 Å². The predicted octanol–water partition coefficient (Wildman–Crippen LogP) is 2.53. The van der Waals surface area contributed by atoms with Crippen molar-refractivity contribution in [2.45, 2.75) is 38.5 Å². The number of carbonyl (C=O) groups is 1. The number of piperidine rings is 1. The normalized spacial score (nSPS) is 21.0. The number of rotatable bonds is 3. The molecule has 0 aliphatic carbocycles. The number of hydrogen-bond acceptors (Lipinski definition) is 6. The van der Waals surface area contributed by atoms with Gasteiger partial charge in [-0.25, -0.2) is 9.97 Å². The molecule has 1 saturated heterocycles. The molecule has 1 fully saturated rings. The average Bonchev–Trinajstić information content (AvgIpc) is 3.05. The zero-order valence-corrected chi connectivity index (χ0v) is 15.3. The van der Waals surface area contributed by atoms with Gasteiger partial charge in [-0.05, 0) is 37.7 Å². The maximum absolute atomic E-state index is 12.7. The van der Waals surface area contributed by atoms with Gasteiger partial charge in [0.25, 0.3) is 0 Å². The number of amides is 1. The molecule has 132 valence electrons. The lowest BCUT2D eigenvalue weighted by Gasteiger charge is -2.33. The third-order valence-electron chi connectivity index (χ3n) is 5.06. The Morgan fingerprint density at radius 2 is 2.16 bits per heavy atom. The first-order valence-electron chi connectivity index (χ1n) is 8.96. The van der Waals surface area contributed by atoms with E-state index in [0.29, 0.717) is 12.3 Å². The minimum absolute atomic E-state index is 0.232. The van der Waals surface area contributed by atoms with E-state index in [-0.39, 0.29) is 5.91 Å². The van der Waals surface area contributed by atoms with Crippen LogP contribution in [0.15, 0.2) is 28.4 Å². The van der Waals surface area contributed by atoms with Gasteiger partial charge in [-0.3, -0.25) is 9.79 Å². The summed E-state index contributed by atoms with van der Waals surface area (Å²) in [4.78, 5) is 30.2. The highest BCUT2D eigenvalue weighted by Gasteiger charge is 2.29. The van der Waals surface area contributed by atoms with Crippen molar-refractivity contribution in [3.05, 3.63) is 34.9 Å². The highest BCUT2D eigenvalue weighted by molar-refractivity contribution is 8.16. The molecule has 1 aromatic heterocycles. The molecule has 6 nitrogen and oxygen atoms in total. The Hall–Kier alpha value is -1.89. The SMILES string of the molecule is Cc1nccc(C2CCN(C(=O)CC3=CSC4=NCCCN34)CC2)n1. The van der Waals surface area contributed by atoms with Crippen molar-refractivity contribution in [1.29, 1.82) is 0 Å². The molecule has 25 heavy (non-hydrogen) atoms. The number of fused-ring (bicyclic) bond motifs is 1. The van der Waals surface area contributed by atoms with Crippen LogP contribution < -0.4 is 0 Å². The van der Waals surface area contributed by atoms with Crippen LogP contribution in [0.5, 0.6) is 0 Å². The summed E-state index contributed by atoms with van der Waals surface area (Å²) >= 11 is 1.65. The quantitative estimate of drug-likeness (QED) is 0.832. The second kappa shape index (κ2) is 7.15. The van der Waals surface area contributed by atoms with Gasteiger partial charge in [-0.2, -0.15) is 0 Å². The standard InChI is InChI=1S/C18H23N5OS/c1-13-19-7-3-16(21-13)14-4-9-22(10-5-14)17(24)11-15-12-25-18-20-6-2-8-23(15)18/h3,7,12,14H,2,4-6,8-11H2,1H3. The van der Waals surface area contributed by atoms with Gasteiger partial charge in [0.1, 0.15) is 5.82 Å². The van der Waals surface area contributed by atoms with Crippen molar-refractivity contribution in [3.8, 4) is 0 Å². The van der Waals surface area contributed by atoms with Crippen LogP contribution in [0.2, 0.25) is 0 Å². The van der Waals surface area contributed by atoms with E-state index in [9.17, 15) is 4.79 Å². The number of likely N-dealkylation sites (tertiary alicyclic amines) is 1. The highest BCUT2D eigenvalue weighted by Crippen LogP contribution is 2.32. The lowest BCUT2D eigenvalue weighted by atomic mass is 9.93. The molecule has 0 aromatic carbocycles. The van der Waals surface area contributed by atoms with Crippen LogP contribution in [-0.4, -0.2) is 57.0 Å². The first-order chi connectivity index (χ1) is 12.2. The molecule has 1 aromatic rings. The average molecular weight is 357 g/mol. The van der Waals surface area contributed by atoms with E-state index in [0.717, 1.165) is 67.8 Å². The van der Waals surface area contributed by atoms with Crippen LogP contribution in [0.3, 0.4) is 0 Å². The third kappa shape index (κ3) is 3.56. The number of hydrogen-bond donors (Lipinski definition) is 0. The molecule has 0 radical (unpaired) electrons. The topological polar surface area (TPSA) is 61.7 Å². The van der Waals surface area contributed by atoms with E-state index < -0.39 is 0 Å². The molecular weight excluding hydrogens is 334 g/mol. The minimum atomic E-state index is 0.232. The number of thioether (sulfide) groups is 1. The van der Waals surface area contributed by atoms with Crippen LogP contribution >= 0.6 is 11.8 Å². The monoisotopic (exact) mass is 357 g/mol. The largest absolute Gasteiger partial charge is 0.342 e. The first kappa shape index (κ1) is 16.6. The molecule has 0 unspecified atom stereocenters. The molecule has 0 bridgehead atoms. The van der Waals surface area contributed by atoms with Gasteiger partial charge in [0.15, 0.2) is 5.17 Å². The summed E-state index contributed by atoms with van der Waals surface area (Å²) in [6, 6.07) is 2.01. The Morgan fingerprint density at radius 3 is 2.96 bits per heavy atom.